The Hall–Kier alpha value is -0.530. The van der Waals surface area contributed by atoms with Gasteiger partial charge in [0.2, 0.25) is 0 Å². The Labute approximate surface area is 79.7 Å². The van der Waals surface area contributed by atoms with E-state index in [-0.39, 0.29) is 11.9 Å². The van der Waals surface area contributed by atoms with Crippen molar-refractivity contribution in [1.29, 1.82) is 0 Å². The second-order valence-electron chi connectivity index (χ2n) is 4.71. The molecule has 2 bridgehead atoms. The van der Waals surface area contributed by atoms with Crippen molar-refractivity contribution >= 4 is 5.97 Å². The fourth-order valence-corrected chi connectivity index (χ4v) is 2.83. The maximum atomic E-state index is 11.4. The van der Waals surface area contributed by atoms with Gasteiger partial charge in [-0.25, -0.2) is 0 Å². The van der Waals surface area contributed by atoms with Crippen LogP contribution in [0.1, 0.15) is 33.1 Å². The molecule has 0 N–H and O–H groups in total. The molecule has 1 aliphatic carbocycles. The van der Waals surface area contributed by atoms with Gasteiger partial charge in [0.15, 0.2) is 0 Å². The number of hydrogen-bond acceptors (Lipinski definition) is 2. The van der Waals surface area contributed by atoms with Crippen LogP contribution in [0.5, 0.6) is 0 Å². The Morgan fingerprint density at radius 2 is 2.00 bits per heavy atom. The van der Waals surface area contributed by atoms with Crippen molar-refractivity contribution < 1.29 is 9.53 Å². The summed E-state index contributed by atoms with van der Waals surface area (Å²) in [5.74, 6) is 2.35. The van der Waals surface area contributed by atoms with Crippen LogP contribution in [-0.4, -0.2) is 12.6 Å². The Balaban J connectivity index is 2.12. The molecule has 4 unspecified atom stereocenters. The number of fused-ring (bicyclic) bond motifs is 2. The Bertz CT molecular complexity index is 212. The fourth-order valence-electron chi connectivity index (χ4n) is 2.83. The molecule has 0 aromatic carbocycles. The third kappa shape index (κ3) is 1.59. The quantitative estimate of drug-likeness (QED) is 0.537. The van der Waals surface area contributed by atoms with Crippen LogP contribution in [0.2, 0.25) is 0 Å². The highest BCUT2D eigenvalue weighted by Gasteiger charge is 2.38. The van der Waals surface area contributed by atoms with E-state index >= 15 is 0 Å². The highest BCUT2D eigenvalue weighted by Crippen LogP contribution is 2.43. The molecule has 1 saturated carbocycles. The molecular weight excluding hydrogens is 164 g/mol. The summed E-state index contributed by atoms with van der Waals surface area (Å²) in [6.07, 6.45) is 3.55. The van der Waals surface area contributed by atoms with Gasteiger partial charge in [0, 0.05) is 0 Å². The molecule has 4 atom stereocenters. The zero-order valence-electron chi connectivity index (χ0n) is 8.45. The molecule has 0 radical (unpaired) electrons. The van der Waals surface area contributed by atoms with Gasteiger partial charge in [-0.15, -0.1) is 0 Å². The first kappa shape index (κ1) is 9.04. The molecule has 0 spiro atoms. The number of ether oxygens (including phenoxy) is 1. The summed E-state index contributed by atoms with van der Waals surface area (Å²) in [5, 5.41) is 0. The molecule has 1 heterocycles. The molecule has 2 rings (SSSR count). The molecule has 0 aromatic heterocycles. The SMILES string of the molecule is CC1CC2CC1CCOC(=O)C2C. The monoisotopic (exact) mass is 182 g/mol. The van der Waals surface area contributed by atoms with Gasteiger partial charge in [0.05, 0.1) is 12.5 Å². The van der Waals surface area contributed by atoms with Crippen molar-refractivity contribution in [2.45, 2.75) is 33.1 Å². The number of hydrogen-bond donors (Lipinski definition) is 0. The summed E-state index contributed by atoms with van der Waals surface area (Å²) in [6, 6.07) is 0. The number of carbonyl (C=O) groups excluding carboxylic acids is 1. The molecule has 0 aromatic rings. The van der Waals surface area contributed by atoms with E-state index in [0.717, 1.165) is 18.3 Å². The Morgan fingerprint density at radius 3 is 2.77 bits per heavy atom. The predicted octanol–water partition coefficient (Wildman–Crippen LogP) is 2.23. The van der Waals surface area contributed by atoms with Crippen LogP contribution in [0.15, 0.2) is 0 Å². The maximum Gasteiger partial charge on any atom is 0.308 e. The third-order valence-electron chi connectivity index (χ3n) is 3.90. The van der Waals surface area contributed by atoms with E-state index in [2.05, 4.69) is 6.92 Å². The lowest BCUT2D eigenvalue weighted by Crippen LogP contribution is -2.24. The molecule has 1 saturated heterocycles. The number of carbonyl (C=O) groups is 1. The molecule has 2 heteroatoms. The minimum Gasteiger partial charge on any atom is -0.465 e. The number of esters is 1. The van der Waals surface area contributed by atoms with Crippen LogP contribution in [-0.2, 0) is 9.53 Å². The molecular formula is C11H18O2. The molecule has 2 fully saturated rings. The van der Waals surface area contributed by atoms with Crippen molar-refractivity contribution in [3.8, 4) is 0 Å². The van der Waals surface area contributed by atoms with Gasteiger partial charge in [-0.05, 0) is 37.0 Å². The van der Waals surface area contributed by atoms with Gasteiger partial charge in [0.25, 0.3) is 0 Å². The second kappa shape index (κ2) is 3.32. The fraction of sp³-hybridized carbons (Fsp3) is 0.909. The average Bonchev–Trinajstić information content (AvgIpc) is 2.46. The summed E-state index contributed by atoms with van der Waals surface area (Å²) in [5.41, 5.74) is 0. The first-order valence-corrected chi connectivity index (χ1v) is 5.35. The Kier molecular flexibility index (Phi) is 2.31. The van der Waals surface area contributed by atoms with Crippen molar-refractivity contribution in [1.82, 2.24) is 0 Å². The smallest absolute Gasteiger partial charge is 0.308 e. The maximum absolute atomic E-state index is 11.4. The van der Waals surface area contributed by atoms with E-state index in [4.69, 9.17) is 4.74 Å². The highest BCUT2D eigenvalue weighted by molar-refractivity contribution is 5.72. The highest BCUT2D eigenvalue weighted by atomic mass is 16.5. The van der Waals surface area contributed by atoms with Crippen LogP contribution >= 0.6 is 0 Å². The minimum absolute atomic E-state index is 0.0255. The molecule has 1 aliphatic heterocycles. The van der Waals surface area contributed by atoms with Gasteiger partial charge < -0.3 is 4.74 Å². The van der Waals surface area contributed by atoms with E-state index in [1.54, 1.807) is 0 Å². The van der Waals surface area contributed by atoms with Crippen molar-refractivity contribution in [3.63, 3.8) is 0 Å². The summed E-state index contributed by atoms with van der Waals surface area (Å²) in [7, 11) is 0. The van der Waals surface area contributed by atoms with E-state index in [0.29, 0.717) is 12.5 Å². The van der Waals surface area contributed by atoms with E-state index in [1.165, 1.54) is 12.8 Å². The normalized spacial score (nSPS) is 45.2. The molecule has 13 heavy (non-hydrogen) atoms. The largest absolute Gasteiger partial charge is 0.465 e. The average molecular weight is 182 g/mol. The Morgan fingerprint density at radius 1 is 1.23 bits per heavy atom. The second-order valence-corrected chi connectivity index (χ2v) is 4.71. The topological polar surface area (TPSA) is 26.3 Å². The van der Waals surface area contributed by atoms with Crippen molar-refractivity contribution in [2.75, 3.05) is 6.61 Å². The summed E-state index contributed by atoms with van der Waals surface area (Å²) in [6.45, 7) is 4.98. The standard InChI is InChI=1S/C11H18O2/c1-7-5-10-6-9(7)3-4-13-11(12)8(10)2/h7-10H,3-6H2,1-2H3. The van der Waals surface area contributed by atoms with Gasteiger partial charge in [-0.3, -0.25) is 4.79 Å². The zero-order valence-corrected chi connectivity index (χ0v) is 8.45. The lowest BCUT2D eigenvalue weighted by atomic mass is 9.90. The van der Waals surface area contributed by atoms with E-state index < -0.39 is 0 Å². The number of cyclic esters (lactones) is 1. The van der Waals surface area contributed by atoms with Crippen LogP contribution in [0.4, 0.5) is 0 Å². The van der Waals surface area contributed by atoms with Crippen molar-refractivity contribution in [2.24, 2.45) is 23.7 Å². The number of rotatable bonds is 0. The van der Waals surface area contributed by atoms with Gasteiger partial charge >= 0.3 is 5.97 Å². The van der Waals surface area contributed by atoms with Crippen molar-refractivity contribution in [3.05, 3.63) is 0 Å². The van der Waals surface area contributed by atoms with Gasteiger partial charge in [0.1, 0.15) is 0 Å². The van der Waals surface area contributed by atoms with Gasteiger partial charge in [-0.1, -0.05) is 13.8 Å². The predicted molar refractivity (Wildman–Crippen MR) is 50.1 cm³/mol. The zero-order chi connectivity index (χ0) is 9.42. The van der Waals surface area contributed by atoms with Crippen LogP contribution < -0.4 is 0 Å². The first-order valence-electron chi connectivity index (χ1n) is 5.35. The van der Waals surface area contributed by atoms with Gasteiger partial charge in [-0.2, -0.15) is 0 Å². The lowest BCUT2D eigenvalue weighted by molar-refractivity contribution is -0.151. The summed E-state index contributed by atoms with van der Waals surface area (Å²) >= 11 is 0. The minimum atomic E-state index is 0.0255. The van der Waals surface area contributed by atoms with Crippen LogP contribution in [0.25, 0.3) is 0 Å². The lowest BCUT2D eigenvalue weighted by Gasteiger charge is -2.21. The molecule has 2 aliphatic rings. The summed E-state index contributed by atoms with van der Waals surface area (Å²) < 4.78 is 5.19. The summed E-state index contributed by atoms with van der Waals surface area (Å²) in [4.78, 5) is 11.4. The van der Waals surface area contributed by atoms with E-state index in [1.807, 2.05) is 6.92 Å². The molecule has 74 valence electrons. The van der Waals surface area contributed by atoms with Crippen LogP contribution in [0.3, 0.4) is 0 Å². The molecule has 2 nitrogen and oxygen atoms in total. The molecule has 0 amide bonds. The van der Waals surface area contributed by atoms with E-state index in [9.17, 15) is 4.79 Å². The third-order valence-corrected chi connectivity index (χ3v) is 3.90. The van der Waals surface area contributed by atoms with Crippen LogP contribution in [0, 0.1) is 23.7 Å². The first-order chi connectivity index (χ1) is 6.18.